The van der Waals surface area contributed by atoms with Gasteiger partial charge in [-0.15, -0.1) is 0 Å². The van der Waals surface area contributed by atoms with Gasteiger partial charge in [-0.1, -0.05) is 37.6 Å². The third-order valence-corrected chi connectivity index (χ3v) is 7.68. The minimum Gasteiger partial charge on any atom is -0.497 e. The summed E-state index contributed by atoms with van der Waals surface area (Å²) in [6.07, 6.45) is 2.15. The number of carbonyl (C=O) groups is 1. The van der Waals surface area contributed by atoms with E-state index in [1.807, 2.05) is 12.1 Å². The maximum Gasteiger partial charge on any atom is 0.248 e. The minimum absolute atomic E-state index is 0.0983. The lowest BCUT2D eigenvalue weighted by Crippen LogP contribution is -2.33. The summed E-state index contributed by atoms with van der Waals surface area (Å²) in [5.74, 6) is 0.467. The highest BCUT2D eigenvalue weighted by molar-refractivity contribution is 7.89. The summed E-state index contributed by atoms with van der Waals surface area (Å²) in [6, 6.07) is 11.7. The van der Waals surface area contributed by atoms with Gasteiger partial charge in [-0.3, -0.25) is 4.79 Å². The van der Waals surface area contributed by atoms with Crippen molar-refractivity contribution in [2.45, 2.75) is 45.1 Å². The molecule has 0 aliphatic carbocycles. The van der Waals surface area contributed by atoms with E-state index in [0.717, 1.165) is 18.4 Å². The van der Waals surface area contributed by atoms with Crippen LogP contribution in [0, 0.1) is 13.8 Å². The number of rotatable bonds is 12. The minimum atomic E-state index is -3.69. The van der Waals surface area contributed by atoms with Crippen LogP contribution in [0.25, 0.3) is 0 Å². The van der Waals surface area contributed by atoms with Gasteiger partial charge in [-0.05, 0) is 54.7 Å². The zero-order valence-electron chi connectivity index (χ0n) is 20.6. The van der Waals surface area contributed by atoms with Crippen LogP contribution in [0.4, 0.5) is 0 Å². The van der Waals surface area contributed by atoms with Gasteiger partial charge < -0.3 is 14.4 Å². The number of methoxy groups -OCH3 is 1. The Morgan fingerprint density at radius 1 is 1.00 bits per heavy atom. The van der Waals surface area contributed by atoms with Crippen molar-refractivity contribution < 1.29 is 22.7 Å². The number of hydrogen-bond acceptors (Lipinski definition) is 5. The largest absolute Gasteiger partial charge is 0.497 e. The van der Waals surface area contributed by atoms with Gasteiger partial charge in [0.25, 0.3) is 0 Å². The SMILES string of the molecule is CCCc1ccc(CN(C)C(=O)COCCN(C)S(=O)(=O)c2c(C)cc(OC)cc2C)cc1. The molecule has 8 heteroatoms. The van der Waals surface area contributed by atoms with Gasteiger partial charge >= 0.3 is 0 Å². The molecule has 2 aromatic carbocycles. The molecule has 0 unspecified atom stereocenters. The van der Waals surface area contributed by atoms with Gasteiger partial charge in [-0.2, -0.15) is 4.31 Å². The quantitative estimate of drug-likeness (QED) is 0.438. The average Bonchev–Trinajstić information content (AvgIpc) is 2.77. The van der Waals surface area contributed by atoms with Crippen molar-refractivity contribution in [2.75, 3.05) is 41.0 Å². The molecule has 2 rings (SSSR count). The molecule has 0 aliphatic rings. The molecular weight excluding hydrogens is 440 g/mol. The Kier molecular flexibility index (Phi) is 9.88. The first-order valence-corrected chi connectivity index (χ1v) is 12.5. The van der Waals surface area contributed by atoms with Crippen LogP contribution >= 0.6 is 0 Å². The van der Waals surface area contributed by atoms with Crippen LogP contribution in [-0.2, 0) is 32.5 Å². The second kappa shape index (κ2) is 12.2. The summed E-state index contributed by atoms with van der Waals surface area (Å²) in [5.41, 5.74) is 3.60. The maximum absolute atomic E-state index is 13.0. The van der Waals surface area contributed by atoms with E-state index >= 15 is 0 Å². The number of nitrogens with zero attached hydrogens (tertiary/aromatic N) is 2. The summed E-state index contributed by atoms with van der Waals surface area (Å²) in [4.78, 5) is 14.3. The lowest BCUT2D eigenvalue weighted by atomic mass is 10.1. The van der Waals surface area contributed by atoms with E-state index in [1.165, 1.54) is 16.9 Å². The van der Waals surface area contributed by atoms with E-state index in [0.29, 0.717) is 23.4 Å². The number of ether oxygens (including phenoxy) is 2. The standard InChI is InChI=1S/C25H36N2O5S/c1-7-8-21-9-11-22(12-10-21)17-26(4)24(28)18-32-14-13-27(5)33(29,30)25-19(2)15-23(31-6)16-20(25)3/h9-12,15-16H,7-8,13-14,17-18H2,1-6H3. The van der Waals surface area contributed by atoms with Crippen molar-refractivity contribution in [2.24, 2.45) is 0 Å². The molecule has 7 nitrogen and oxygen atoms in total. The van der Waals surface area contributed by atoms with Crippen molar-refractivity contribution in [3.05, 3.63) is 58.7 Å². The van der Waals surface area contributed by atoms with Crippen LogP contribution in [-0.4, -0.2) is 64.5 Å². The molecular formula is C25H36N2O5S. The Morgan fingerprint density at radius 2 is 1.58 bits per heavy atom. The fraction of sp³-hybridized carbons (Fsp3) is 0.480. The topological polar surface area (TPSA) is 76.2 Å². The van der Waals surface area contributed by atoms with Gasteiger partial charge in [0.2, 0.25) is 15.9 Å². The van der Waals surface area contributed by atoms with Crippen LogP contribution < -0.4 is 4.74 Å². The van der Waals surface area contributed by atoms with Crippen LogP contribution in [0.2, 0.25) is 0 Å². The highest BCUT2D eigenvalue weighted by Crippen LogP contribution is 2.27. The summed E-state index contributed by atoms with van der Waals surface area (Å²) >= 11 is 0. The van der Waals surface area contributed by atoms with E-state index < -0.39 is 10.0 Å². The molecule has 0 saturated carbocycles. The first-order chi connectivity index (χ1) is 15.6. The first-order valence-electron chi connectivity index (χ1n) is 11.1. The molecule has 33 heavy (non-hydrogen) atoms. The molecule has 182 valence electrons. The van der Waals surface area contributed by atoms with E-state index in [4.69, 9.17) is 9.47 Å². The van der Waals surface area contributed by atoms with E-state index in [9.17, 15) is 13.2 Å². The molecule has 0 heterocycles. The second-order valence-corrected chi connectivity index (χ2v) is 10.3. The third kappa shape index (κ3) is 7.28. The second-order valence-electron chi connectivity index (χ2n) is 8.29. The lowest BCUT2D eigenvalue weighted by molar-refractivity contribution is -0.135. The maximum atomic E-state index is 13.0. The van der Waals surface area contributed by atoms with Crippen molar-refractivity contribution in [3.63, 3.8) is 0 Å². The molecule has 1 amide bonds. The van der Waals surface area contributed by atoms with E-state index in [2.05, 4.69) is 19.1 Å². The molecule has 0 aromatic heterocycles. The molecule has 0 saturated heterocycles. The Morgan fingerprint density at radius 3 is 2.12 bits per heavy atom. The van der Waals surface area contributed by atoms with Crippen molar-refractivity contribution >= 4 is 15.9 Å². The number of carbonyl (C=O) groups excluding carboxylic acids is 1. The van der Waals surface area contributed by atoms with Gasteiger partial charge in [0.15, 0.2) is 0 Å². The number of aryl methyl sites for hydroxylation is 3. The predicted octanol–water partition coefficient (Wildman–Crippen LogP) is 3.56. The lowest BCUT2D eigenvalue weighted by Gasteiger charge is -2.21. The van der Waals surface area contributed by atoms with Crippen LogP contribution in [0.3, 0.4) is 0 Å². The smallest absolute Gasteiger partial charge is 0.248 e. The molecule has 0 aliphatic heterocycles. The number of likely N-dealkylation sites (N-methyl/N-ethyl adjacent to an activating group) is 2. The number of hydrogen-bond donors (Lipinski definition) is 0. The van der Waals surface area contributed by atoms with E-state index in [1.54, 1.807) is 45.0 Å². The fourth-order valence-electron chi connectivity index (χ4n) is 3.64. The zero-order chi connectivity index (χ0) is 24.6. The van der Waals surface area contributed by atoms with Crippen molar-refractivity contribution in [3.8, 4) is 5.75 Å². The van der Waals surface area contributed by atoms with Crippen LogP contribution in [0.5, 0.6) is 5.75 Å². The van der Waals surface area contributed by atoms with Crippen molar-refractivity contribution in [1.82, 2.24) is 9.21 Å². The first kappa shape index (κ1) is 26.8. The Hall–Kier alpha value is -2.42. The monoisotopic (exact) mass is 476 g/mol. The Labute approximate surface area is 198 Å². The van der Waals surface area contributed by atoms with Crippen LogP contribution in [0.15, 0.2) is 41.3 Å². The highest BCUT2D eigenvalue weighted by atomic mass is 32.2. The van der Waals surface area contributed by atoms with Gasteiger partial charge in [0.05, 0.1) is 18.6 Å². The summed E-state index contributed by atoms with van der Waals surface area (Å²) in [7, 11) is 1.11. The molecule has 0 fully saturated rings. The molecule has 0 N–H and O–H groups in total. The molecule has 2 aromatic rings. The highest BCUT2D eigenvalue weighted by Gasteiger charge is 2.25. The fourth-order valence-corrected chi connectivity index (χ4v) is 5.19. The Bertz CT molecular complexity index is 1010. The predicted molar refractivity (Wildman–Crippen MR) is 130 cm³/mol. The summed E-state index contributed by atoms with van der Waals surface area (Å²) in [5, 5.41) is 0. The number of amides is 1. The summed E-state index contributed by atoms with van der Waals surface area (Å²) in [6.45, 7) is 6.31. The van der Waals surface area contributed by atoms with Crippen LogP contribution in [0.1, 0.15) is 35.6 Å². The van der Waals surface area contributed by atoms with E-state index in [-0.39, 0.29) is 30.6 Å². The Balaban J connectivity index is 1.85. The number of benzene rings is 2. The number of sulfonamides is 1. The average molecular weight is 477 g/mol. The van der Waals surface area contributed by atoms with Crippen molar-refractivity contribution in [1.29, 1.82) is 0 Å². The zero-order valence-corrected chi connectivity index (χ0v) is 21.4. The normalized spacial score (nSPS) is 11.6. The van der Waals surface area contributed by atoms with Gasteiger partial charge in [0, 0.05) is 27.2 Å². The molecule has 0 spiro atoms. The molecule has 0 radical (unpaired) electrons. The van der Waals surface area contributed by atoms with Gasteiger partial charge in [0.1, 0.15) is 12.4 Å². The van der Waals surface area contributed by atoms with Gasteiger partial charge in [-0.25, -0.2) is 8.42 Å². The molecule has 0 atom stereocenters. The summed E-state index contributed by atoms with van der Waals surface area (Å²) < 4.78 is 38.0. The third-order valence-electron chi connectivity index (χ3n) is 5.52. The molecule has 0 bridgehead atoms.